The van der Waals surface area contributed by atoms with Crippen molar-refractivity contribution in [3.05, 3.63) is 65.2 Å². The van der Waals surface area contributed by atoms with Gasteiger partial charge >= 0.3 is 0 Å². The molecule has 0 bridgehead atoms. The van der Waals surface area contributed by atoms with Gasteiger partial charge in [0, 0.05) is 11.1 Å². The molecular weight excluding hydrogens is 356 g/mol. The van der Waals surface area contributed by atoms with E-state index >= 15 is 0 Å². The molecule has 0 atom stereocenters. The summed E-state index contributed by atoms with van der Waals surface area (Å²) >= 11 is 0. The molecule has 2 amide bonds. The second-order valence-electron chi connectivity index (χ2n) is 5.85. The van der Waals surface area contributed by atoms with Gasteiger partial charge in [-0.05, 0) is 41.8 Å². The first kappa shape index (κ1) is 19.6. The number of nitrogens with two attached hydrogens (primary N) is 1. The first-order valence-electron chi connectivity index (χ1n) is 7.82. The predicted octanol–water partition coefficient (Wildman–Crippen LogP) is 2.30. The first-order valence-corrected chi connectivity index (χ1v) is 9.26. The topological polar surface area (TPSA) is 107 Å². The van der Waals surface area contributed by atoms with Gasteiger partial charge in [0.1, 0.15) is 0 Å². The number of hydrogen-bond acceptors (Lipinski definition) is 5. The Morgan fingerprint density at radius 2 is 1.69 bits per heavy atom. The number of hydroxylamine groups is 1. The lowest BCUT2D eigenvalue weighted by Gasteiger charge is -2.20. The number of carbonyl (C=O) groups excluding carboxylic acids is 2. The highest BCUT2D eigenvalue weighted by Gasteiger charge is 2.31. The maximum absolute atomic E-state index is 12.9. The van der Waals surface area contributed by atoms with Crippen molar-refractivity contribution >= 4 is 21.8 Å². The van der Waals surface area contributed by atoms with E-state index in [1.165, 1.54) is 30.3 Å². The third-order valence-corrected chi connectivity index (χ3v) is 5.38. The molecule has 0 saturated heterocycles. The summed E-state index contributed by atoms with van der Waals surface area (Å²) in [6.45, 7) is 3.61. The van der Waals surface area contributed by atoms with E-state index in [9.17, 15) is 18.0 Å². The number of nitrogens with zero attached hydrogens (tertiary/aromatic N) is 1. The van der Waals surface area contributed by atoms with Crippen molar-refractivity contribution in [2.45, 2.75) is 24.7 Å². The van der Waals surface area contributed by atoms with Gasteiger partial charge in [0.2, 0.25) is 5.91 Å². The summed E-state index contributed by atoms with van der Waals surface area (Å²) in [7, 11) is -3.19. The van der Waals surface area contributed by atoms with Crippen LogP contribution in [0.1, 0.15) is 46.0 Å². The van der Waals surface area contributed by atoms with E-state index in [1.807, 2.05) is 0 Å². The van der Waals surface area contributed by atoms with Gasteiger partial charge in [0.05, 0.1) is 12.0 Å². The molecule has 0 aliphatic rings. The molecule has 2 aromatic carbocycles. The van der Waals surface area contributed by atoms with E-state index in [2.05, 4.69) is 0 Å². The number of benzene rings is 2. The minimum absolute atomic E-state index is 0.145. The number of sulfonamides is 1. The molecule has 8 heteroatoms. The van der Waals surface area contributed by atoms with Crippen LogP contribution in [-0.4, -0.2) is 31.8 Å². The van der Waals surface area contributed by atoms with Crippen LogP contribution in [0, 0.1) is 0 Å². The summed E-state index contributed by atoms with van der Waals surface area (Å²) in [4.78, 5) is 28.8. The summed E-state index contributed by atoms with van der Waals surface area (Å²) in [6, 6.07) is 11.8. The highest BCUT2D eigenvalue weighted by Crippen LogP contribution is 2.26. The van der Waals surface area contributed by atoms with Gasteiger partial charge in [-0.3, -0.25) is 14.4 Å². The van der Waals surface area contributed by atoms with Crippen LogP contribution >= 0.6 is 0 Å². The molecule has 2 rings (SSSR count). The second kappa shape index (κ2) is 7.67. The van der Waals surface area contributed by atoms with Gasteiger partial charge in [-0.25, -0.2) is 0 Å². The lowest BCUT2D eigenvalue weighted by Crippen LogP contribution is -2.36. The fourth-order valence-corrected chi connectivity index (χ4v) is 3.70. The maximum Gasteiger partial charge on any atom is 0.292 e. The lowest BCUT2D eigenvalue weighted by molar-refractivity contribution is -0.0284. The molecule has 0 heterocycles. The van der Waals surface area contributed by atoms with Crippen LogP contribution in [-0.2, 0) is 14.9 Å². The molecule has 7 nitrogen and oxygen atoms in total. The zero-order valence-electron chi connectivity index (χ0n) is 14.7. The number of primary amides is 1. The molecule has 2 N–H and O–H groups in total. The quantitative estimate of drug-likeness (QED) is 0.779. The van der Waals surface area contributed by atoms with Crippen molar-refractivity contribution in [3.63, 3.8) is 0 Å². The van der Waals surface area contributed by atoms with Crippen LogP contribution in [0.3, 0.4) is 0 Å². The SMILES string of the molecule is CON(C(=O)c1ccccc1)S(=O)(=O)c1ccc(C(N)=O)c(C(C)C)c1. The zero-order chi connectivity index (χ0) is 19.5. The number of carbonyl (C=O) groups is 2. The zero-order valence-corrected chi connectivity index (χ0v) is 15.5. The minimum Gasteiger partial charge on any atom is -0.366 e. The summed E-state index contributed by atoms with van der Waals surface area (Å²) in [5.41, 5.74) is 6.21. The molecule has 0 fully saturated rings. The average Bonchev–Trinajstić information content (AvgIpc) is 2.62. The van der Waals surface area contributed by atoms with Crippen molar-refractivity contribution in [1.29, 1.82) is 0 Å². The molecule has 0 aliphatic carbocycles. The Bertz CT molecular complexity index is 924. The number of rotatable bonds is 6. The molecule has 0 aromatic heterocycles. The fraction of sp³-hybridized carbons (Fsp3) is 0.222. The first-order chi connectivity index (χ1) is 12.2. The van der Waals surface area contributed by atoms with E-state index in [4.69, 9.17) is 10.6 Å². The van der Waals surface area contributed by atoms with Gasteiger partial charge in [-0.1, -0.05) is 32.0 Å². The van der Waals surface area contributed by atoms with Crippen LogP contribution in [0.25, 0.3) is 0 Å². The van der Waals surface area contributed by atoms with Crippen molar-refractivity contribution in [3.8, 4) is 0 Å². The second-order valence-corrected chi connectivity index (χ2v) is 7.61. The largest absolute Gasteiger partial charge is 0.366 e. The number of hydrogen-bond donors (Lipinski definition) is 1. The van der Waals surface area contributed by atoms with Crippen molar-refractivity contribution < 1.29 is 22.8 Å². The van der Waals surface area contributed by atoms with Crippen LogP contribution < -0.4 is 5.73 Å². The third kappa shape index (κ3) is 3.76. The molecule has 0 radical (unpaired) electrons. The van der Waals surface area contributed by atoms with Gasteiger partial charge in [0.25, 0.3) is 15.9 Å². The van der Waals surface area contributed by atoms with E-state index in [1.54, 1.807) is 32.0 Å². The highest BCUT2D eigenvalue weighted by atomic mass is 32.2. The highest BCUT2D eigenvalue weighted by molar-refractivity contribution is 7.89. The molecular formula is C18H20N2O5S. The third-order valence-electron chi connectivity index (χ3n) is 3.78. The van der Waals surface area contributed by atoms with Crippen LogP contribution in [0.5, 0.6) is 0 Å². The summed E-state index contributed by atoms with van der Waals surface area (Å²) in [5.74, 6) is -1.62. The summed E-state index contributed by atoms with van der Waals surface area (Å²) in [6.07, 6.45) is 0. The van der Waals surface area contributed by atoms with Gasteiger partial charge in [-0.2, -0.15) is 8.42 Å². The standard InChI is InChI=1S/C18H20N2O5S/c1-12(2)16-11-14(9-10-15(16)17(19)21)26(23,24)20(25-3)18(22)13-7-5-4-6-8-13/h4-12H,1-3H3,(H2,19,21). The maximum atomic E-state index is 12.9. The molecule has 0 unspecified atom stereocenters. The minimum atomic E-state index is -4.29. The Morgan fingerprint density at radius 3 is 2.19 bits per heavy atom. The number of amides is 2. The Balaban J connectivity index is 2.53. The Kier molecular flexibility index (Phi) is 5.79. The Morgan fingerprint density at radius 1 is 1.08 bits per heavy atom. The normalized spacial score (nSPS) is 11.4. The summed E-state index contributed by atoms with van der Waals surface area (Å²) < 4.78 is 26.1. The average molecular weight is 376 g/mol. The van der Waals surface area contributed by atoms with Crippen molar-refractivity contribution in [2.24, 2.45) is 5.73 Å². The lowest BCUT2D eigenvalue weighted by atomic mass is 9.97. The van der Waals surface area contributed by atoms with Gasteiger partial charge < -0.3 is 5.73 Å². The van der Waals surface area contributed by atoms with E-state index in [0.29, 0.717) is 10.0 Å². The molecule has 0 saturated carbocycles. The van der Waals surface area contributed by atoms with Crippen LogP contribution in [0.2, 0.25) is 0 Å². The molecule has 26 heavy (non-hydrogen) atoms. The monoisotopic (exact) mass is 376 g/mol. The molecule has 138 valence electrons. The predicted molar refractivity (Wildman–Crippen MR) is 95.9 cm³/mol. The van der Waals surface area contributed by atoms with Crippen molar-refractivity contribution in [1.82, 2.24) is 4.47 Å². The Labute approximate surface area is 152 Å². The van der Waals surface area contributed by atoms with E-state index in [0.717, 1.165) is 7.11 Å². The summed E-state index contributed by atoms with van der Waals surface area (Å²) in [5, 5.41) is 0. The van der Waals surface area contributed by atoms with Crippen LogP contribution in [0.15, 0.2) is 53.4 Å². The van der Waals surface area contributed by atoms with E-state index < -0.39 is 21.8 Å². The van der Waals surface area contributed by atoms with Crippen molar-refractivity contribution in [2.75, 3.05) is 7.11 Å². The van der Waals surface area contributed by atoms with Gasteiger partial charge in [0.15, 0.2) is 0 Å². The van der Waals surface area contributed by atoms with Gasteiger partial charge in [-0.15, -0.1) is 4.47 Å². The van der Waals surface area contributed by atoms with E-state index in [-0.39, 0.29) is 21.9 Å². The van der Waals surface area contributed by atoms with Crippen LogP contribution in [0.4, 0.5) is 0 Å². The fourth-order valence-electron chi connectivity index (χ4n) is 2.48. The molecule has 0 spiro atoms. The molecule has 0 aliphatic heterocycles. The Hall–Kier alpha value is -2.71. The smallest absolute Gasteiger partial charge is 0.292 e. The molecule has 2 aromatic rings.